The molecule has 0 spiro atoms. The third-order valence-electron chi connectivity index (χ3n) is 2.52. The first-order valence-electron chi connectivity index (χ1n) is 6.78. The summed E-state index contributed by atoms with van der Waals surface area (Å²) >= 11 is 1.50. The van der Waals surface area contributed by atoms with Crippen molar-refractivity contribution >= 4 is 23.4 Å². The molecular formula is C14H22N2O4S. The molecule has 6 nitrogen and oxygen atoms in total. The fourth-order valence-corrected chi connectivity index (χ4v) is 2.56. The highest BCUT2D eigenvalue weighted by Crippen LogP contribution is 2.14. The zero-order valence-corrected chi connectivity index (χ0v) is 13.6. The molecule has 1 unspecified atom stereocenters. The monoisotopic (exact) mass is 314 g/mol. The van der Waals surface area contributed by atoms with Gasteiger partial charge in [-0.1, -0.05) is 0 Å². The van der Waals surface area contributed by atoms with Crippen LogP contribution < -0.4 is 5.32 Å². The van der Waals surface area contributed by atoms with Crippen molar-refractivity contribution in [1.29, 1.82) is 0 Å². The van der Waals surface area contributed by atoms with Crippen molar-refractivity contribution in [1.82, 2.24) is 10.3 Å². The number of nitrogens with one attached hydrogen (secondary N) is 1. The molecular weight excluding hydrogens is 292 g/mol. The zero-order chi connectivity index (χ0) is 16.0. The Labute approximate surface area is 128 Å². The Balaban J connectivity index is 2.63. The van der Waals surface area contributed by atoms with Gasteiger partial charge in [0.15, 0.2) is 0 Å². The van der Waals surface area contributed by atoms with Crippen molar-refractivity contribution in [3.8, 4) is 0 Å². The topological polar surface area (TPSA) is 88.5 Å². The first-order valence-corrected chi connectivity index (χ1v) is 7.66. The van der Waals surface area contributed by atoms with Crippen molar-refractivity contribution in [2.45, 2.75) is 58.6 Å². The molecule has 1 atom stereocenters. The van der Waals surface area contributed by atoms with Crippen LogP contribution in [0.15, 0.2) is 5.38 Å². The quantitative estimate of drug-likeness (QED) is 0.843. The molecule has 1 aromatic rings. The molecule has 0 fully saturated rings. The number of rotatable bonds is 6. The minimum Gasteiger partial charge on any atom is -0.481 e. The van der Waals surface area contributed by atoms with Crippen molar-refractivity contribution < 1.29 is 19.4 Å². The van der Waals surface area contributed by atoms with Gasteiger partial charge in [0.25, 0.3) is 0 Å². The van der Waals surface area contributed by atoms with Crippen LogP contribution in [-0.4, -0.2) is 33.8 Å². The van der Waals surface area contributed by atoms with Crippen LogP contribution in [-0.2, 0) is 16.0 Å². The lowest BCUT2D eigenvalue weighted by Gasteiger charge is -2.23. The molecule has 0 saturated carbocycles. The minimum atomic E-state index is -0.888. The molecule has 0 aliphatic carbocycles. The van der Waals surface area contributed by atoms with E-state index < -0.39 is 17.7 Å². The molecule has 1 amide bonds. The number of amides is 1. The van der Waals surface area contributed by atoms with Crippen LogP contribution in [0.1, 0.15) is 44.3 Å². The second-order valence-corrected chi connectivity index (χ2v) is 6.80. The Morgan fingerprint density at radius 2 is 2.14 bits per heavy atom. The van der Waals surface area contributed by atoms with Gasteiger partial charge in [0.1, 0.15) is 5.60 Å². The molecule has 1 aromatic heterocycles. The number of carboxylic acids is 1. The number of ether oxygens (including phenoxy) is 1. The first kappa shape index (κ1) is 17.4. The Hall–Kier alpha value is -1.63. The first-order chi connectivity index (χ1) is 9.65. The minimum absolute atomic E-state index is 0.00911. The molecule has 0 aromatic carbocycles. The van der Waals surface area contributed by atoms with E-state index in [0.717, 1.165) is 10.7 Å². The molecule has 0 radical (unpaired) electrons. The van der Waals surface area contributed by atoms with Crippen LogP contribution in [0, 0.1) is 6.92 Å². The third-order valence-corrected chi connectivity index (χ3v) is 3.50. The molecule has 0 aliphatic rings. The van der Waals surface area contributed by atoms with Gasteiger partial charge in [0.05, 0.1) is 5.01 Å². The van der Waals surface area contributed by atoms with Gasteiger partial charge < -0.3 is 15.2 Å². The second kappa shape index (κ2) is 7.40. The fourth-order valence-electron chi connectivity index (χ4n) is 1.70. The average Bonchev–Trinajstić information content (AvgIpc) is 2.69. The van der Waals surface area contributed by atoms with E-state index in [1.165, 1.54) is 11.3 Å². The number of thiazole rings is 1. The number of carbonyl (C=O) groups excluding carboxylic acids is 1. The lowest BCUT2D eigenvalue weighted by molar-refractivity contribution is -0.137. The average molecular weight is 314 g/mol. The van der Waals surface area contributed by atoms with Crippen LogP contribution in [0.25, 0.3) is 0 Å². The van der Waals surface area contributed by atoms with Crippen LogP contribution in [0.5, 0.6) is 0 Å². The van der Waals surface area contributed by atoms with E-state index in [9.17, 15) is 9.59 Å². The summed E-state index contributed by atoms with van der Waals surface area (Å²) in [5.74, 6) is -0.888. The molecule has 0 bridgehead atoms. The normalized spacial score (nSPS) is 12.8. The third kappa shape index (κ3) is 7.65. The molecule has 0 saturated heterocycles. The van der Waals surface area contributed by atoms with Gasteiger partial charge in [-0.2, -0.15) is 0 Å². The second-order valence-electron chi connectivity index (χ2n) is 5.86. The maximum absolute atomic E-state index is 11.8. The summed E-state index contributed by atoms with van der Waals surface area (Å²) in [5.41, 5.74) is 0.336. The van der Waals surface area contributed by atoms with Crippen molar-refractivity contribution in [2.24, 2.45) is 0 Å². The van der Waals surface area contributed by atoms with E-state index in [2.05, 4.69) is 10.3 Å². The summed E-state index contributed by atoms with van der Waals surface area (Å²) in [7, 11) is 0. The van der Waals surface area contributed by atoms with Gasteiger partial charge in [0, 0.05) is 30.0 Å². The van der Waals surface area contributed by atoms with Gasteiger partial charge in [0.2, 0.25) is 0 Å². The molecule has 2 N–H and O–H groups in total. The van der Waals surface area contributed by atoms with Gasteiger partial charge in [-0.15, -0.1) is 11.3 Å². The molecule has 1 heterocycles. The number of aryl methyl sites for hydroxylation is 1. The summed E-state index contributed by atoms with van der Waals surface area (Å²) in [6, 6.07) is -0.304. The van der Waals surface area contributed by atoms with E-state index in [4.69, 9.17) is 9.84 Å². The predicted molar refractivity (Wildman–Crippen MR) is 80.6 cm³/mol. The van der Waals surface area contributed by atoms with Gasteiger partial charge in [-0.3, -0.25) is 4.79 Å². The molecule has 1 rings (SSSR count). The SMILES string of the molecule is Cc1csc(CC(CCC(=O)O)NC(=O)OC(C)(C)C)n1. The van der Waals surface area contributed by atoms with Crippen LogP contribution in [0.2, 0.25) is 0 Å². The van der Waals surface area contributed by atoms with Crippen LogP contribution >= 0.6 is 11.3 Å². The maximum atomic E-state index is 11.8. The number of aliphatic carboxylic acids is 1. The van der Waals surface area contributed by atoms with Crippen molar-refractivity contribution in [2.75, 3.05) is 0 Å². The number of alkyl carbamates (subject to hydrolysis) is 1. The van der Waals surface area contributed by atoms with Crippen molar-refractivity contribution in [3.05, 3.63) is 16.1 Å². The van der Waals surface area contributed by atoms with Crippen molar-refractivity contribution in [3.63, 3.8) is 0 Å². The van der Waals surface area contributed by atoms with E-state index in [1.807, 2.05) is 12.3 Å². The molecule has 21 heavy (non-hydrogen) atoms. The standard InChI is InChI=1S/C14H22N2O4S/c1-9-8-21-11(15-9)7-10(5-6-12(17)18)16-13(19)20-14(2,3)4/h8,10H,5-7H2,1-4H3,(H,16,19)(H,17,18). The lowest BCUT2D eigenvalue weighted by atomic mass is 10.1. The summed E-state index contributed by atoms with van der Waals surface area (Å²) in [6.45, 7) is 7.24. The largest absolute Gasteiger partial charge is 0.481 e. The van der Waals surface area contributed by atoms with E-state index in [-0.39, 0.29) is 12.5 Å². The van der Waals surface area contributed by atoms with Crippen LogP contribution in [0.3, 0.4) is 0 Å². The number of carbonyl (C=O) groups is 2. The Kier molecular flexibility index (Phi) is 6.14. The smallest absolute Gasteiger partial charge is 0.407 e. The highest BCUT2D eigenvalue weighted by molar-refractivity contribution is 7.09. The highest BCUT2D eigenvalue weighted by Gasteiger charge is 2.21. The summed E-state index contributed by atoms with van der Waals surface area (Å²) in [4.78, 5) is 26.9. The number of hydrogen-bond donors (Lipinski definition) is 2. The molecule has 118 valence electrons. The van der Waals surface area contributed by atoms with E-state index in [1.54, 1.807) is 20.8 Å². The van der Waals surface area contributed by atoms with Gasteiger partial charge in [-0.05, 0) is 34.1 Å². The van der Waals surface area contributed by atoms with E-state index in [0.29, 0.717) is 12.8 Å². The Morgan fingerprint density at radius 3 is 2.62 bits per heavy atom. The summed E-state index contributed by atoms with van der Waals surface area (Å²) < 4.78 is 5.20. The molecule has 0 aliphatic heterocycles. The summed E-state index contributed by atoms with van der Waals surface area (Å²) in [6.07, 6.45) is 0.300. The number of carboxylic acid groups (broad SMARTS) is 1. The molecule has 7 heteroatoms. The summed E-state index contributed by atoms with van der Waals surface area (Å²) in [5, 5.41) is 14.3. The Morgan fingerprint density at radius 1 is 1.48 bits per heavy atom. The van der Waals surface area contributed by atoms with E-state index >= 15 is 0 Å². The maximum Gasteiger partial charge on any atom is 0.407 e. The Bertz CT molecular complexity index is 493. The van der Waals surface area contributed by atoms with Crippen LogP contribution in [0.4, 0.5) is 4.79 Å². The van der Waals surface area contributed by atoms with Gasteiger partial charge in [-0.25, -0.2) is 9.78 Å². The number of aromatic nitrogens is 1. The number of nitrogens with zero attached hydrogens (tertiary/aromatic N) is 1. The predicted octanol–water partition coefficient (Wildman–Crippen LogP) is 2.75. The lowest BCUT2D eigenvalue weighted by Crippen LogP contribution is -2.40. The number of hydrogen-bond acceptors (Lipinski definition) is 5. The van der Waals surface area contributed by atoms with Gasteiger partial charge >= 0.3 is 12.1 Å². The zero-order valence-electron chi connectivity index (χ0n) is 12.8. The fraction of sp³-hybridized carbons (Fsp3) is 0.643. The highest BCUT2D eigenvalue weighted by atomic mass is 32.1.